The van der Waals surface area contributed by atoms with Gasteiger partial charge in [-0.2, -0.15) is 36.5 Å². The summed E-state index contributed by atoms with van der Waals surface area (Å²) in [5, 5.41) is 36.2. The molecule has 4 aromatic heterocycles. The monoisotopic (exact) mass is 962 g/mol. The van der Waals surface area contributed by atoms with E-state index >= 15 is 0 Å². The van der Waals surface area contributed by atoms with Gasteiger partial charge in [0.15, 0.2) is 22.9 Å². The van der Waals surface area contributed by atoms with Crippen LogP contribution in [0, 0.1) is 0 Å². The molecule has 0 atom stereocenters. The summed E-state index contributed by atoms with van der Waals surface area (Å²) in [6.45, 7) is 3.11. The van der Waals surface area contributed by atoms with Crippen molar-refractivity contribution in [2.75, 3.05) is 0 Å². The molecular formula is C44H38Cl2F6N6O8. The van der Waals surface area contributed by atoms with Crippen molar-refractivity contribution < 1.29 is 64.7 Å². The van der Waals surface area contributed by atoms with Gasteiger partial charge >= 0.3 is 24.3 Å². The van der Waals surface area contributed by atoms with Crippen molar-refractivity contribution in [3.05, 3.63) is 93.5 Å². The predicted octanol–water partition coefficient (Wildman–Crippen LogP) is 10.6. The van der Waals surface area contributed by atoms with E-state index in [1.54, 1.807) is 62.4 Å². The molecule has 10 rings (SSSR count). The van der Waals surface area contributed by atoms with E-state index in [1.807, 2.05) is 0 Å². The fraction of sp³-hybridized carbons (Fsp3) is 0.409. The van der Waals surface area contributed by atoms with Gasteiger partial charge in [0, 0.05) is 11.1 Å². The molecule has 2 N–H and O–H groups in total. The fourth-order valence-electron chi connectivity index (χ4n) is 8.23. The van der Waals surface area contributed by atoms with Crippen molar-refractivity contribution >= 4 is 35.1 Å². The van der Waals surface area contributed by atoms with Crippen molar-refractivity contribution in [2.24, 2.45) is 0 Å². The lowest BCUT2D eigenvalue weighted by atomic mass is 9.77. The maximum absolute atomic E-state index is 14.2. The lowest BCUT2D eigenvalue weighted by molar-refractivity contribution is -0.149. The molecular weight excluding hydrogens is 925 g/mol. The van der Waals surface area contributed by atoms with Crippen LogP contribution < -0.4 is 0 Å². The Labute approximate surface area is 380 Å². The summed E-state index contributed by atoms with van der Waals surface area (Å²) in [5.41, 5.74) is -4.95. The topological polar surface area (TPSA) is 181 Å². The Morgan fingerprint density at radius 3 is 1.29 bits per heavy atom. The first-order chi connectivity index (χ1) is 31.1. The summed E-state index contributed by atoms with van der Waals surface area (Å²) in [6, 6.07) is 11.7. The SMILES string of the molecule is CC1(O)CC(n2ncc(-c3onc(-c4ccccc4Cl)c3C(=O)OC3CC3)c2C(F)(F)F)C1.CC1(O)CC(n2ncc(-c3onc(-c4ccccc4Cl)c3C(=O)OC3CC3)c2C(F)(F)F)C1. The minimum absolute atomic E-state index is 0.00583. The number of nitrogens with zero attached hydrogens (tertiary/aromatic N) is 6. The molecule has 22 heteroatoms. The number of benzene rings is 2. The van der Waals surface area contributed by atoms with Gasteiger partial charge in [-0.15, -0.1) is 0 Å². The predicted molar refractivity (Wildman–Crippen MR) is 221 cm³/mol. The van der Waals surface area contributed by atoms with Crippen LogP contribution in [0.25, 0.3) is 45.2 Å². The smallest absolute Gasteiger partial charge is 0.433 e. The number of carbonyl (C=O) groups excluding carboxylic acids is 2. The Balaban J connectivity index is 0.000000166. The number of aliphatic hydroxyl groups is 2. The molecule has 0 saturated heterocycles. The first-order valence-electron chi connectivity index (χ1n) is 20.8. The highest BCUT2D eigenvalue weighted by atomic mass is 35.5. The van der Waals surface area contributed by atoms with Gasteiger partial charge in [0.1, 0.15) is 34.7 Å². The number of rotatable bonds is 10. The average molecular weight is 964 g/mol. The standard InChI is InChI=1S/2C22H19ClF3N3O4/c2*1-21(31)8-11(9-21)29-19(22(24,25)26)14(10-27-29)18-16(20(30)32-12-6-7-12)17(28-33-18)13-4-2-3-5-15(13)23/h2*2-5,10-12,31H,6-9H2,1H3. The normalized spacial score (nSPS) is 22.8. The van der Waals surface area contributed by atoms with Crippen LogP contribution in [0.2, 0.25) is 10.0 Å². The Morgan fingerprint density at radius 1 is 0.636 bits per heavy atom. The molecule has 4 fully saturated rings. The molecule has 0 unspecified atom stereocenters. The van der Waals surface area contributed by atoms with Crippen LogP contribution in [0.3, 0.4) is 0 Å². The zero-order valence-electron chi connectivity index (χ0n) is 34.8. The minimum Gasteiger partial charge on any atom is -0.459 e. The molecule has 0 aliphatic heterocycles. The molecule has 4 saturated carbocycles. The van der Waals surface area contributed by atoms with Crippen molar-refractivity contribution in [3.63, 3.8) is 0 Å². The van der Waals surface area contributed by atoms with Crippen LogP contribution in [0.5, 0.6) is 0 Å². The van der Waals surface area contributed by atoms with Gasteiger partial charge in [-0.25, -0.2) is 9.59 Å². The van der Waals surface area contributed by atoms with E-state index in [0.717, 1.165) is 21.8 Å². The maximum atomic E-state index is 14.2. The molecule has 4 heterocycles. The van der Waals surface area contributed by atoms with Gasteiger partial charge in [-0.1, -0.05) is 69.9 Å². The van der Waals surface area contributed by atoms with Gasteiger partial charge < -0.3 is 28.7 Å². The Hall–Kier alpha value is -5.70. The minimum atomic E-state index is -4.80. The molecule has 6 aromatic rings. The van der Waals surface area contributed by atoms with Gasteiger partial charge in [-0.3, -0.25) is 9.36 Å². The third kappa shape index (κ3) is 8.94. The summed E-state index contributed by atoms with van der Waals surface area (Å²) in [5.74, 6) is -2.45. The molecule has 2 aromatic carbocycles. The molecule has 0 spiro atoms. The lowest BCUT2D eigenvalue weighted by Crippen LogP contribution is -2.43. The van der Waals surface area contributed by atoms with E-state index in [1.165, 1.54) is 0 Å². The van der Waals surface area contributed by atoms with Crippen LogP contribution in [0.15, 0.2) is 70.0 Å². The molecule has 0 bridgehead atoms. The number of carbonyl (C=O) groups is 2. The zero-order valence-corrected chi connectivity index (χ0v) is 36.3. The number of alkyl halides is 6. The van der Waals surface area contributed by atoms with E-state index in [9.17, 15) is 46.1 Å². The number of halogens is 8. The molecule has 348 valence electrons. The van der Waals surface area contributed by atoms with Gasteiger partial charge in [0.05, 0.1) is 56.9 Å². The molecule has 66 heavy (non-hydrogen) atoms. The summed E-state index contributed by atoms with van der Waals surface area (Å²) >= 11 is 12.5. The summed E-state index contributed by atoms with van der Waals surface area (Å²) in [6.07, 6.45) is -4.98. The highest BCUT2D eigenvalue weighted by Crippen LogP contribution is 2.50. The van der Waals surface area contributed by atoms with Gasteiger partial charge in [0.25, 0.3) is 0 Å². The Kier molecular flexibility index (Phi) is 11.4. The molecule has 0 amide bonds. The first kappa shape index (κ1) is 45.5. The van der Waals surface area contributed by atoms with Crippen molar-refractivity contribution in [1.29, 1.82) is 0 Å². The molecule has 0 radical (unpaired) electrons. The second-order valence-electron chi connectivity index (χ2n) is 17.5. The van der Waals surface area contributed by atoms with Crippen molar-refractivity contribution in [1.82, 2.24) is 29.9 Å². The van der Waals surface area contributed by atoms with E-state index in [2.05, 4.69) is 20.5 Å². The largest absolute Gasteiger partial charge is 0.459 e. The third-order valence-corrected chi connectivity index (χ3v) is 12.3. The highest BCUT2D eigenvalue weighted by Gasteiger charge is 2.49. The second-order valence-corrected chi connectivity index (χ2v) is 18.3. The summed E-state index contributed by atoms with van der Waals surface area (Å²) in [7, 11) is 0. The van der Waals surface area contributed by atoms with Crippen LogP contribution in [-0.4, -0.2) is 75.4 Å². The summed E-state index contributed by atoms with van der Waals surface area (Å²) in [4.78, 5) is 26.0. The molecule has 14 nitrogen and oxygen atoms in total. The summed E-state index contributed by atoms with van der Waals surface area (Å²) < 4.78 is 108. The van der Waals surface area contributed by atoms with E-state index in [0.29, 0.717) is 36.8 Å². The molecule has 4 aliphatic rings. The number of ether oxygens (including phenoxy) is 2. The third-order valence-electron chi connectivity index (χ3n) is 11.7. The number of hydrogen-bond donors (Lipinski definition) is 2. The molecule has 4 aliphatic carbocycles. The average Bonchev–Trinajstić information content (AvgIpc) is 3.95. The quantitative estimate of drug-likeness (QED) is 0.0981. The van der Waals surface area contributed by atoms with Crippen LogP contribution in [0.4, 0.5) is 26.3 Å². The van der Waals surface area contributed by atoms with E-state index in [4.69, 9.17) is 41.7 Å². The van der Waals surface area contributed by atoms with E-state index in [-0.39, 0.29) is 82.0 Å². The van der Waals surface area contributed by atoms with Crippen LogP contribution in [-0.2, 0) is 21.8 Å². The van der Waals surface area contributed by atoms with Crippen LogP contribution in [0.1, 0.15) is 109 Å². The number of esters is 2. The van der Waals surface area contributed by atoms with Crippen LogP contribution >= 0.6 is 23.2 Å². The van der Waals surface area contributed by atoms with Crippen molar-refractivity contribution in [3.8, 4) is 45.2 Å². The van der Waals surface area contributed by atoms with Gasteiger partial charge in [0.2, 0.25) is 0 Å². The highest BCUT2D eigenvalue weighted by molar-refractivity contribution is 6.34. The first-order valence-corrected chi connectivity index (χ1v) is 21.5. The fourth-order valence-corrected chi connectivity index (χ4v) is 8.68. The van der Waals surface area contributed by atoms with Crippen molar-refractivity contribution in [2.45, 2.75) is 113 Å². The zero-order chi connectivity index (χ0) is 47.1. The van der Waals surface area contributed by atoms with Gasteiger partial charge in [-0.05, 0) is 77.3 Å². The lowest BCUT2D eigenvalue weighted by Gasteiger charge is -2.41. The maximum Gasteiger partial charge on any atom is 0.433 e. The number of aromatic nitrogens is 6. The second kappa shape index (κ2) is 16.6. The van der Waals surface area contributed by atoms with E-state index < -0.39 is 70.1 Å². The number of hydrogen-bond acceptors (Lipinski definition) is 12. The Bertz CT molecular complexity index is 2630. The Morgan fingerprint density at radius 2 is 0.985 bits per heavy atom.